The van der Waals surface area contributed by atoms with E-state index in [1.165, 1.54) is 4.70 Å². The van der Waals surface area contributed by atoms with Crippen molar-refractivity contribution in [3.63, 3.8) is 0 Å². The summed E-state index contributed by atoms with van der Waals surface area (Å²) in [6, 6.07) is 8.08. The molecule has 0 saturated carbocycles. The zero-order chi connectivity index (χ0) is 13.0. The highest BCUT2D eigenvalue weighted by molar-refractivity contribution is 7.18. The van der Waals surface area contributed by atoms with Gasteiger partial charge in [0.25, 0.3) is 0 Å². The first-order valence-electron chi connectivity index (χ1n) is 5.84. The van der Waals surface area contributed by atoms with Gasteiger partial charge in [0, 0.05) is 12.0 Å². The van der Waals surface area contributed by atoms with Gasteiger partial charge in [-0.15, -0.1) is 11.3 Å². The van der Waals surface area contributed by atoms with E-state index < -0.39 is 0 Å². The monoisotopic (exact) mass is 261 g/mol. The molecule has 0 N–H and O–H groups in total. The van der Waals surface area contributed by atoms with E-state index in [1.807, 2.05) is 18.2 Å². The predicted octanol–water partition coefficient (Wildman–Crippen LogP) is 3.35. The number of fused-ring (bicyclic) bond motifs is 1. The molecule has 4 heteroatoms. The van der Waals surface area contributed by atoms with Gasteiger partial charge in [-0.25, -0.2) is 9.78 Å². The van der Waals surface area contributed by atoms with Crippen LogP contribution in [0.2, 0.25) is 0 Å². The molecule has 0 aliphatic rings. The van der Waals surface area contributed by atoms with Gasteiger partial charge in [-0.05, 0) is 25.5 Å². The Balaban J connectivity index is 1.83. The molecule has 1 aromatic carbocycles. The number of para-hydroxylation sites is 1. The lowest BCUT2D eigenvalue weighted by Crippen LogP contribution is -2.06. The van der Waals surface area contributed by atoms with E-state index in [2.05, 4.69) is 17.6 Å². The number of aromatic nitrogens is 1. The fourth-order valence-corrected chi connectivity index (χ4v) is 2.55. The summed E-state index contributed by atoms with van der Waals surface area (Å²) < 4.78 is 6.24. The summed E-state index contributed by atoms with van der Waals surface area (Å²) in [6.45, 7) is 5.60. The van der Waals surface area contributed by atoms with Gasteiger partial charge in [0.2, 0.25) is 0 Å². The van der Waals surface area contributed by atoms with Crippen molar-refractivity contribution in [2.45, 2.75) is 19.8 Å². The van der Waals surface area contributed by atoms with E-state index in [0.717, 1.165) is 23.4 Å². The fraction of sp³-hybridized carbons (Fsp3) is 0.286. The number of aryl methyl sites for hydroxylation is 1. The Bertz CT molecular complexity index is 541. The predicted molar refractivity (Wildman–Crippen MR) is 73.7 cm³/mol. The van der Waals surface area contributed by atoms with Gasteiger partial charge >= 0.3 is 5.97 Å². The van der Waals surface area contributed by atoms with Crippen LogP contribution in [0, 0.1) is 0 Å². The van der Waals surface area contributed by atoms with E-state index in [4.69, 9.17) is 4.74 Å². The van der Waals surface area contributed by atoms with Crippen molar-refractivity contribution >= 4 is 27.5 Å². The summed E-state index contributed by atoms with van der Waals surface area (Å²) in [5, 5.41) is 1.09. The van der Waals surface area contributed by atoms with Gasteiger partial charge in [-0.3, -0.25) is 0 Å². The maximum Gasteiger partial charge on any atom is 0.333 e. The first-order valence-corrected chi connectivity index (χ1v) is 6.65. The molecule has 0 spiro atoms. The second-order valence-electron chi connectivity index (χ2n) is 4.10. The molecule has 0 amide bonds. The molecular weight excluding hydrogens is 246 g/mol. The molecule has 94 valence electrons. The Morgan fingerprint density at radius 2 is 2.22 bits per heavy atom. The third-order valence-corrected chi connectivity index (χ3v) is 3.55. The molecule has 0 aliphatic heterocycles. The number of hydrogen-bond acceptors (Lipinski definition) is 4. The number of carbonyl (C=O) groups is 1. The second-order valence-corrected chi connectivity index (χ2v) is 5.21. The number of carbonyl (C=O) groups excluding carboxylic acids is 1. The number of hydrogen-bond donors (Lipinski definition) is 0. The van der Waals surface area contributed by atoms with Gasteiger partial charge < -0.3 is 4.74 Å². The van der Waals surface area contributed by atoms with Crippen molar-refractivity contribution in [2.75, 3.05) is 6.61 Å². The molecule has 0 bridgehead atoms. The Kier molecular flexibility index (Phi) is 4.10. The SMILES string of the molecule is C=C(C)C(=O)OCCCc1nc2ccccc2s1. The van der Waals surface area contributed by atoms with Crippen LogP contribution < -0.4 is 0 Å². The first kappa shape index (κ1) is 12.8. The summed E-state index contributed by atoms with van der Waals surface area (Å²) in [4.78, 5) is 15.7. The quantitative estimate of drug-likeness (QED) is 0.471. The summed E-state index contributed by atoms with van der Waals surface area (Å²) in [5.41, 5.74) is 1.48. The topological polar surface area (TPSA) is 39.2 Å². The Morgan fingerprint density at radius 3 is 2.94 bits per heavy atom. The lowest BCUT2D eigenvalue weighted by Gasteiger charge is -2.02. The van der Waals surface area contributed by atoms with E-state index in [1.54, 1.807) is 18.3 Å². The van der Waals surface area contributed by atoms with Crippen LogP contribution in [0.25, 0.3) is 10.2 Å². The molecule has 0 fully saturated rings. The second kappa shape index (κ2) is 5.78. The van der Waals surface area contributed by atoms with Crippen LogP contribution in [0.3, 0.4) is 0 Å². The van der Waals surface area contributed by atoms with Gasteiger partial charge in [0.05, 0.1) is 21.8 Å². The maximum absolute atomic E-state index is 11.2. The van der Waals surface area contributed by atoms with Crippen molar-refractivity contribution in [2.24, 2.45) is 0 Å². The lowest BCUT2D eigenvalue weighted by molar-refractivity contribution is -0.139. The van der Waals surface area contributed by atoms with Gasteiger partial charge in [0.15, 0.2) is 0 Å². The lowest BCUT2D eigenvalue weighted by atomic mass is 10.3. The van der Waals surface area contributed by atoms with Crippen LogP contribution >= 0.6 is 11.3 Å². The third-order valence-electron chi connectivity index (χ3n) is 2.45. The van der Waals surface area contributed by atoms with Crippen LogP contribution in [0.1, 0.15) is 18.4 Å². The van der Waals surface area contributed by atoms with Gasteiger partial charge in [0.1, 0.15) is 0 Å². The number of esters is 1. The molecule has 2 aromatic rings. The molecule has 0 unspecified atom stereocenters. The number of benzene rings is 1. The van der Waals surface area contributed by atoms with Crippen LogP contribution in [0.5, 0.6) is 0 Å². The van der Waals surface area contributed by atoms with E-state index in [-0.39, 0.29) is 5.97 Å². The normalized spacial score (nSPS) is 10.5. The summed E-state index contributed by atoms with van der Waals surface area (Å²) in [5.74, 6) is -0.320. The molecule has 0 radical (unpaired) electrons. The fourth-order valence-electron chi connectivity index (χ4n) is 1.54. The highest BCUT2D eigenvalue weighted by atomic mass is 32.1. The zero-order valence-electron chi connectivity index (χ0n) is 10.3. The molecule has 2 rings (SSSR count). The van der Waals surface area contributed by atoms with Crippen LogP contribution in [0.15, 0.2) is 36.4 Å². The van der Waals surface area contributed by atoms with E-state index in [0.29, 0.717) is 12.2 Å². The average Bonchev–Trinajstić information content (AvgIpc) is 2.76. The standard InChI is InChI=1S/C14H15NO2S/c1-10(2)14(16)17-9-5-8-13-15-11-6-3-4-7-12(11)18-13/h3-4,6-7H,1,5,8-9H2,2H3. The minimum atomic E-state index is -0.320. The Hall–Kier alpha value is -1.68. The van der Waals surface area contributed by atoms with Crippen molar-refractivity contribution in [1.29, 1.82) is 0 Å². The molecule has 0 saturated heterocycles. The molecule has 0 atom stereocenters. The molecule has 18 heavy (non-hydrogen) atoms. The smallest absolute Gasteiger partial charge is 0.333 e. The molecule has 0 aliphatic carbocycles. The number of rotatable bonds is 5. The summed E-state index contributed by atoms with van der Waals surface area (Å²) >= 11 is 1.69. The maximum atomic E-state index is 11.2. The van der Waals surface area contributed by atoms with Gasteiger partial charge in [-0.2, -0.15) is 0 Å². The number of nitrogens with zero attached hydrogens (tertiary/aromatic N) is 1. The van der Waals surface area contributed by atoms with Crippen molar-refractivity contribution in [3.8, 4) is 0 Å². The summed E-state index contributed by atoms with van der Waals surface area (Å²) in [7, 11) is 0. The van der Waals surface area contributed by atoms with E-state index in [9.17, 15) is 4.79 Å². The highest BCUT2D eigenvalue weighted by Gasteiger charge is 2.05. The van der Waals surface area contributed by atoms with Crippen molar-refractivity contribution in [3.05, 3.63) is 41.4 Å². The van der Waals surface area contributed by atoms with Crippen molar-refractivity contribution < 1.29 is 9.53 Å². The third kappa shape index (κ3) is 3.17. The molecule has 1 heterocycles. The minimum Gasteiger partial charge on any atom is -0.462 e. The highest BCUT2D eigenvalue weighted by Crippen LogP contribution is 2.22. The largest absolute Gasteiger partial charge is 0.462 e. The first-order chi connectivity index (χ1) is 8.66. The van der Waals surface area contributed by atoms with Crippen LogP contribution in [-0.2, 0) is 16.0 Å². The van der Waals surface area contributed by atoms with Crippen molar-refractivity contribution in [1.82, 2.24) is 4.98 Å². The number of thiazole rings is 1. The Labute approximate surface area is 110 Å². The van der Waals surface area contributed by atoms with Crippen LogP contribution in [-0.4, -0.2) is 17.6 Å². The van der Waals surface area contributed by atoms with E-state index >= 15 is 0 Å². The molecular formula is C14H15NO2S. The van der Waals surface area contributed by atoms with Gasteiger partial charge in [-0.1, -0.05) is 18.7 Å². The average molecular weight is 261 g/mol. The molecule has 1 aromatic heterocycles. The van der Waals surface area contributed by atoms with Crippen LogP contribution in [0.4, 0.5) is 0 Å². The zero-order valence-corrected chi connectivity index (χ0v) is 11.1. The molecule has 3 nitrogen and oxygen atoms in total. The summed E-state index contributed by atoms with van der Waals surface area (Å²) in [6.07, 6.45) is 1.63. The Morgan fingerprint density at radius 1 is 1.44 bits per heavy atom. The number of ether oxygens (including phenoxy) is 1. The minimum absolute atomic E-state index is 0.320.